The van der Waals surface area contributed by atoms with Gasteiger partial charge in [0, 0.05) is 24.4 Å². The van der Waals surface area contributed by atoms with Crippen LogP contribution in [0.1, 0.15) is 28.5 Å². The second-order valence-electron chi connectivity index (χ2n) is 7.49. The maximum Gasteiger partial charge on any atom is 0.416 e. The van der Waals surface area contributed by atoms with Crippen LogP contribution in [0, 0.1) is 10.1 Å². The van der Waals surface area contributed by atoms with E-state index in [4.69, 9.17) is 12.2 Å². The van der Waals surface area contributed by atoms with Crippen LogP contribution in [-0.4, -0.2) is 43.7 Å². The Hall–Kier alpha value is -4.53. The second-order valence-corrected chi connectivity index (χ2v) is 7.90. The molecule has 15 heteroatoms. The van der Waals surface area contributed by atoms with Gasteiger partial charge in [0.2, 0.25) is 0 Å². The molecular formula is C22H19F3N6O5S. The molecule has 0 aliphatic rings. The van der Waals surface area contributed by atoms with Gasteiger partial charge >= 0.3 is 12.1 Å². The number of hydrogen-bond acceptors (Lipinski definition) is 8. The van der Waals surface area contributed by atoms with Crippen molar-refractivity contribution in [1.82, 2.24) is 15.2 Å². The smallest absolute Gasteiger partial charge is 0.416 e. The number of nitro benzene ring substituents is 1. The van der Waals surface area contributed by atoms with Gasteiger partial charge in [0.15, 0.2) is 16.6 Å². The molecule has 3 N–H and O–H groups in total. The van der Waals surface area contributed by atoms with Crippen LogP contribution in [0.15, 0.2) is 47.6 Å². The molecule has 3 rings (SSSR count). The number of alkyl halides is 3. The lowest BCUT2D eigenvalue weighted by Gasteiger charge is -2.09. The Bertz CT molecular complexity index is 1400. The topological polar surface area (TPSA) is 144 Å². The maximum absolute atomic E-state index is 12.8. The van der Waals surface area contributed by atoms with Gasteiger partial charge in [-0.15, -0.1) is 0 Å². The van der Waals surface area contributed by atoms with E-state index < -0.39 is 28.3 Å². The van der Waals surface area contributed by atoms with Crippen molar-refractivity contribution in [2.45, 2.75) is 13.1 Å². The van der Waals surface area contributed by atoms with Crippen LogP contribution in [0.3, 0.4) is 0 Å². The highest BCUT2D eigenvalue weighted by Gasteiger charge is 2.30. The van der Waals surface area contributed by atoms with Gasteiger partial charge in [-0.1, -0.05) is 12.1 Å². The van der Waals surface area contributed by atoms with Gasteiger partial charge in [0.25, 0.3) is 5.69 Å². The molecular weight excluding hydrogens is 517 g/mol. The number of anilines is 1. The fourth-order valence-corrected chi connectivity index (χ4v) is 3.45. The Balaban J connectivity index is 1.77. The predicted octanol–water partition coefficient (Wildman–Crippen LogP) is 4.22. The number of aromatic nitrogens is 2. The number of nitro groups is 1. The zero-order valence-electron chi connectivity index (χ0n) is 19.5. The standard InChI is InChI=1S/C22H19F3N6O5S/c1-11(17-19(32)18(30(2)29-17)12-4-6-13(7-5-12)22(23,24)25)27-28-21(37)26-14-8-9-15(20(33)36-3)16(10-14)31(34)35/h4-10,32H,1-3H3,(H2,26,28,37). The summed E-state index contributed by atoms with van der Waals surface area (Å²) in [5, 5.41) is 32.8. The second kappa shape index (κ2) is 10.6. The number of rotatable bonds is 6. The number of hydrogen-bond donors (Lipinski definition) is 3. The number of hydrazone groups is 1. The first kappa shape index (κ1) is 27.1. The highest BCUT2D eigenvalue weighted by molar-refractivity contribution is 7.80. The summed E-state index contributed by atoms with van der Waals surface area (Å²) in [5.41, 5.74) is 1.86. The molecule has 0 aliphatic heterocycles. The molecule has 0 saturated heterocycles. The number of aromatic hydroxyl groups is 1. The number of benzene rings is 2. The van der Waals surface area contributed by atoms with Crippen molar-refractivity contribution in [2.24, 2.45) is 12.1 Å². The molecule has 0 radical (unpaired) electrons. The first-order valence-corrected chi connectivity index (χ1v) is 10.7. The van der Waals surface area contributed by atoms with Crippen LogP contribution in [0.2, 0.25) is 0 Å². The Kier molecular flexibility index (Phi) is 7.76. The van der Waals surface area contributed by atoms with Crippen molar-refractivity contribution in [1.29, 1.82) is 0 Å². The number of nitrogens with zero attached hydrogens (tertiary/aromatic N) is 4. The van der Waals surface area contributed by atoms with Crippen LogP contribution in [-0.2, 0) is 18.0 Å². The summed E-state index contributed by atoms with van der Waals surface area (Å²) < 4.78 is 44.4. The number of ether oxygens (including phenoxy) is 1. The van der Waals surface area contributed by atoms with Crippen LogP contribution in [0.5, 0.6) is 5.75 Å². The summed E-state index contributed by atoms with van der Waals surface area (Å²) in [6.45, 7) is 1.50. The SMILES string of the molecule is COC(=O)c1ccc(NC(=S)NN=C(C)c2nn(C)c(-c3ccc(C(F)(F)F)cc3)c2O)cc1[N+](=O)[O-]. The molecule has 1 heterocycles. The van der Waals surface area contributed by atoms with Gasteiger partial charge in [-0.3, -0.25) is 20.2 Å². The molecule has 3 aromatic rings. The summed E-state index contributed by atoms with van der Waals surface area (Å²) in [5.74, 6) is -1.18. The summed E-state index contributed by atoms with van der Waals surface area (Å²) in [6.07, 6.45) is -4.49. The molecule has 0 amide bonds. The largest absolute Gasteiger partial charge is 0.504 e. The van der Waals surface area contributed by atoms with Gasteiger partial charge in [-0.25, -0.2) is 4.79 Å². The lowest BCUT2D eigenvalue weighted by atomic mass is 10.1. The normalized spacial score (nSPS) is 11.7. The van der Waals surface area contributed by atoms with Gasteiger partial charge in [-0.2, -0.15) is 23.4 Å². The fourth-order valence-electron chi connectivity index (χ4n) is 3.29. The Morgan fingerprint density at radius 2 is 1.89 bits per heavy atom. The van der Waals surface area contributed by atoms with E-state index in [0.29, 0.717) is 5.56 Å². The van der Waals surface area contributed by atoms with Crippen LogP contribution in [0.4, 0.5) is 24.5 Å². The molecule has 0 aliphatic carbocycles. The van der Waals surface area contributed by atoms with Gasteiger partial charge in [0.05, 0.1) is 23.3 Å². The molecule has 37 heavy (non-hydrogen) atoms. The molecule has 194 valence electrons. The highest BCUT2D eigenvalue weighted by Crippen LogP contribution is 2.35. The third-order valence-corrected chi connectivity index (χ3v) is 5.23. The number of halogens is 3. The number of aryl methyl sites for hydroxylation is 1. The van der Waals surface area contributed by atoms with E-state index in [-0.39, 0.29) is 39.2 Å². The molecule has 2 aromatic carbocycles. The van der Waals surface area contributed by atoms with E-state index >= 15 is 0 Å². The Morgan fingerprint density at radius 1 is 1.24 bits per heavy atom. The zero-order chi connectivity index (χ0) is 27.5. The molecule has 0 atom stereocenters. The van der Waals surface area contributed by atoms with Crippen LogP contribution < -0.4 is 10.7 Å². The average molecular weight is 536 g/mol. The van der Waals surface area contributed by atoms with Crippen molar-refractivity contribution >= 4 is 40.4 Å². The van der Waals surface area contributed by atoms with E-state index in [1.165, 1.54) is 42.9 Å². The zero-order valence-corrected chi connectivity index (χ0v) is 20.3. The Morgan fingerprint density at radius 3 is 2.46 bits per heavy atom. The highest BCUT2D eigenvalue weighted by atomic mass is 32.1. The Labute approximate surface area is 212 Å². The molecule has 1 aromatic heterocycles. The number of nitrogens with one attached hydrogen (secondary N) is 2. The average Bonchev–Trinajstić information content (AvgIpc) is 3.15. The quantitative estimate of drug-likeness (QED) is 0.139. The van der Waals surface area contributed by atoms with E-state index in [1.54, 1.807) is 0 Å². The van der Waals surface area contributed by atoms with Crippen LogP contribution >= 0.6 is 12.2 Å². The number of methoxy groups -OCH3 is 1. The van der Waals surface area contributed by atoms with Gasteiger partial charge in [0.1, 0.15) is 11.3 Å². The summed E-state index contributed by atoms with van der Waals surface area (Å²) in [4.78, 5) is 22.3. The van der Waals surface area contributed by atoms with E-state index in [0.717, 1.165) is 25.3 Å². The lowest BCUT2D eigenvalue weighted by Crippen LogP contribution is -2.25. The minimum atomic E-state index is -4.49. The van der Waals surface area contributed by atoms with Crippen molar-refractivity contribution in [3.8, 4) is 17.0 Å². The summed E-state index contributed by atoms with van der Waals surface area (Å²) in [6, 6.07) is 7.92. The number of thiocarbonyl (C=S) groups is 1. The minimum Gasteiger partial charge on any atom is -0.504 e. The lowest BCUT2D eigenvalue weighted by molar-refractivity contribution is -0.385. The molecule has 0 spiro atoms. The van der Waals surface area contributed by atoms with Crippen molar-refractivity contribution < 1.29 is 32.7 Å². The molecule has 11 nitrogen and oxygen atoms in total. The molecule has 0 bridgehead atoms. The van der Waals surface area contributed by atoms with E-state index in [1.807, 2.05) is 0 Å². The third kappa shape index (κ3) is 6.00. The predicted molar refractivity (Wildman–Crippen MR) is 131 cm³/mol. The summed E-state index contributed by atoms with van der Waals surface area (Å²) >= 11 is 5.13. The number of carbonyl (C=O) groups is 1. The van der Waals surface area contributed by atoms with Crippen molar-refractivity contribution in [3.63, 3.8) is 0 Å². The van der Waals surface area contributed by atoms with E-state index in [2.05, 4.69) is 25.7 Å². The van der Waals surface area contributed by atoms with Crippen molar-refractivity contribution in [2.75, 3.05) is 12.4 Å². The molecule has 0 fully saturated rings. The summed E-state index contributed by atoms with van der Waals surface area (Å²) in [7, 11) is 2.61. The number of carbonyl (C=O) groups excluding carboxylic acids is 1. The van der Waals surface area contributed by atoms with Gasteiger partial charge < -0.3 is 15.2 Å². The third-order valence-electron chi connectivity index (χ3n) is 5.03. The first-order valence-electron chi connectivity index (χ1n) is 10.3. The molecule has 0 unspecified atom stereocenters. The minimum absolute atomic E-state index is 0.0470. The fraction of sp³-hybridized carbons (Fsp3) is 0.182. The number of esters is 1. The van der Waals surface area contributed by atoms with Crippen LogP contribution in [0.25, 0.3) is 11.3 Å². The van der Waals surface area contributed by atoms with Crippen molar-refractivity contribution in [3.05, 3.63) is 69.4 Å². The van der Waals surface area contributed by atoms with E-state index in [9.17, 15) is 33.2 Å². The first-order chi connectivity index (χ1) is 17.3. The monoisotopic (exact) mass is 536 g/mol. The van der Waals surface area contributed by atoms with Gasteiger partial charge in [-0.05, 0) is 43.4 Å². The maximum atomic E-state index is 12.8. The molecule has 0 saturated carbocycles.